The predicted octanol–water partition coefficient (Wildman–Crippen LogP) is 2.26. The Hall–Kier alpha value is -1.06. The van der Waals surface area contributed by atoms with Crippen LogP contribution in [0.2, 0.25) is 5.02 Å². The average Bonchev–Trinajstić information content (AvgIpc) is 2.45. The molecule has 0 atom stereocenters. The molecule has 0 amide bonds. The largest absolute Gasteiger partial charge is 0.320 e. The molecular weight excluding hydrogens is 308 g/mol. The number of hydrogen-bond donors (Lipinski definition) is 2. The third-order valence-electron chi connectivity index (χ3n) is 3.48. The van der Waals surface area contributed by atoms with Crippen LogP contribution in [-0.2, 0) is 10.0 Å². The van der Waals surface area contributed by atoms with Crippen LogP contribution in [0.25, 0.3) is 0 Å². The van der Waals surface area contributed by atoms with Crippen molar-refractivity contribution < 1.29 is 8.42 Å². The molecule has 4 nitrogen and oxygen atoms in total. The van der Waals surface area contributed by atoms with Crippen molar-refractivity contribution in [3.05, 3.63) is 28.8 Å². The highest BCUT2D eigenvalue weighted by Crippen LogP contribution is 2.25. The van der Waals surface area contributed by atoms with E-state index in [1.54, 1.807) is 12.1 Å². The molecule has 0 aromatic heterocycles. The molecule has 1 aromatic carbocycles. The summed E-state index contributed by atoms with van der Waals surface area (Å²) in [6.07, 6.45) is 5.07. The van der Waals surface area contributed by atoms with Gasteiger partial charge in [0.2, 0.25) is 10.0 Å². The van der Waals surface area contributed by atoms with Crippen LogP contribution in [-0.4, -0.2) is 21.0 Å². The summed E-state index contributed by atoms with van der Waals surface area (Å²) in [6, 6.07) is 4.70. The van der Waals surface area contributed by atoms with Crippen LogP contribution < -0.4 is 10.5 Å². The first-order chi connectivity index (χ1) is 10.0. The fourth-order valence-electron chi connectivity index (χ4n) is 2.45. The summed E-state index contributed by atoms with van der Waals surface area (Å²) in [5.41, 5.74) is 5.96. The SMILES string of the molecule is NCC#Cc1ccc(S(=O)(=O)NC2CCCCC2)c(Cl)c1. The molecule has 2 rings (SSSR count). The van der Waals surface area contributed by atoms with Gasteiger partial charge in [-0.25, -0.2) is 13.1 Å². The van der Waals surface area contributed by atoms with Crippen LogP contribution in [0.1, 0.15) is 37.7 Å². The Bertz CT molecular complexity index is 656. The lowest BCUT2D eigenvalue weighted by atomic mass is 9.96. The van der Waals surface area contributed by atoms with Crippen molar-refractivity contribution in [2.45, 2.75) is 43.0 Å². The first-order valence-corrected chi connectivity index (χ1v) is 8.90. The summed E-state index contributed by atoms with van der Waals surface area (Å²) >= 11 is 6.09. The number of hydrogen-bond acceptors (Lipinski definition) is 3. The number of sulfonamides is 1. The highest BCUT2D eigenvalue weighted by molar-refractivity contribution is 7.89. The summed E-state index contributed by atoms with van der Waals surface area (Å²) < 4.78 is 27.5. The fourth-order valence-corrected chi connectivity index (χ4v) is 4.30. The van der Waals surface area contributed by atoms with Gasteiger partial charge in [-0.1, -0.05) is 42.7 Å². The van der Waals surface area contributed by atoms with E-state index in [2.05, 4.69) is 16.6 Å². The molecule has 0 heterocycles. The van der Waals surface area contributed by atoms with E-state index in [1.807, 2.05) is 0 Å². The Kier molecular flexibility index (Phi) is 5.65. The van der Waals surface area contributed by atoms with Gasteiger partial charge in [-0.05, 0) is 31.0 Å². The summed E-state index contributed by atoms with van der Waals surface area (Å²) in [4.78, 5) is 0.105. The molecule has 0 saturated heterocycles. The van der Waals surface area contributed by atoms with Crippen LogP contribution >= 0.6 is 11.6 Å². The Morgan fingerprint density at radius 3 is 2.62 bits per heavy atom. The number of nitrogens with one attached hydrogen (secondary N) is 1. The molecule has 0 aliphatic heterocycles. The summed E-state index contributed by atoms with van der Waals surface area (Å²) in [7, 11) is -3.58. The minimum Gasteiger partial charge on any atom is -0.320 e. The quantitative estimate of drug-likeness (QED) is 0.837. The molecule has 1 aliphatic carbocycles. The van der Waals surface area contributed by atoms with Crippen LogP contribution in [0.5, 0.6) is 0 Å². The molecule has 0 radical (unpaired) electrons. The maximum atomic E-state index is 12.4. The highest BCUT2D eigenvalue weighted by atomic mass is 35.5. The number of benzene rings is 1. The minimum absolute atomic E-state index is 0.0107. The smallest absolute Gasteiger partial charge is 0.242 e. The second-order valence-electron chi connectivity index (χ2n) is 5.11. The second-order valence-corrected chi connectivity index (χ2v) is 7.20. The maximum Gasteiger partial charge on any atom is 0.242 e. The van der Waals surface area contributed by atoms with Crippen LogP contribution in [0.3, 0.4) is 0 Å². The number of halogens is 1. The van der Waals surface area contributed by atoms with E-state index < -0.39 is 10.0 Å². The van der Waals surface area contributed by atoms with Crippen molar-refractivity contribution in [3.63, 3.8) is 0 Å². The molecule has 1 aromatic rings. The van der Waals surface area contributed by atoms with Gasteiger partial charge in [0, 0.05) is 11.6 Å². The fraction of sp³-hybridized carbons (Fsp3) is 0.467. The van der Waals surface area contributed by atoms with Gasteiger partial charge in [-0.2, -0.15) is 0 Å². The normalized spacial score (nSPS) is 16.3. The van der Waals surface area contributed by atoms with Crippen molar-refractivity contribution in [1.82, 2.24) is 4.72 Å². The predicted molar refractivity (Wildman–Crippen MR) is 84.6 cm³/mol. The van der Waals surface area contributed by atoms with E-state index in [1.165, 1.54) is 12.5 Å². The number of nitrogens with two attached hydrogens (primary N) is 1. The lowest BCUT2D eigenvalue weighted by Crippen LogP contribution is -2.36. The van der Waals surface area contributed by atoms with Crippen molar-refractivity contribution >= 4 is 21.6 Å². The number of rotatable bonds is 3. The zero-order valence-corrected chi connectivity index (χ0v) is 13.3. The standard InChI is InChI=1S/C15H19ClN2O2S/c16-14-11-12(5-4-10-17)8-9-15(14)21(19,20)18-13-6-2-1-3-7-13/h8-9,11,13,18H,1-3,6-7,10,17H2. The van der Waals surface area contributed by atoms with Crippen LogP contribution in [0.15, 0.2) is 23.1 Å². The van der Waals surface area contributed by atoms with E-state index in [9.17, 15) is 8.42 Å². The molecule has 0 bridgehead atoms. The van der Waals surface area contributed by atoms with Gasteiger partial charge in [0.1, 0.15) is 4.90 Å². The second kappa shape index (κ2) is 7.28. The highest BCUT2D eigenvalue weighted by Gasteiger charge is 2.23. The van der Waals surface area contributed by atoms with Gasteiger partial charge >= 0.3 is 0 Å². The van der Waals surface area contributed by atoms with E-state index in [-0.39, 0.29) is 22.5 Å². The first-order valence-electron chi connectivity index (χ1n) is 7.04. The molecule has 0 unspecified atom stereocenters. The van der Waals surface area contributed by atoms with Gasteiger partial charge in [-0.15, -0.1) is 0 Å². The Morgan fingerprint density at radius 2 is 2.00 bits per heavy atom. The minimum atomic E-state index is -3.58. The average molecular weight is 327 g/mol. The molecule has 3 N–H and O–H groups in total. The zero-order chi connectivity index (χ0) is 15.3. The summed E-state index contributed by atoms with van der Waals surface area (Å²) in [5, 5.41) is 0.183. The lowest BCUT2D eigenvalue weighted by Gasteiger charge is -2.22. The molecule has 1 fully saturated rings. The van der Waals surface area contributed by atoms with E-state index >= 15 is 0 Å². The van der Waals surface area contributed by atoms with Crippen molar-refractivity contribution in [2.24, 2.45) is 5.73 Å². The monoisotopic (exact) mass is 326 g/mol. The van der Waals surface area contributed by atoms with Gasteiger partial charge in [0.15, 0.2) is 0 Å². The zero-order valence-electron chi connectivity index (χ0n) is 11.7. The van der Waals surface area contributed by atoms with Crippen LogP contribution in [0.4, 0.5) is 0 Å². The summed E-state index contributed by atoms with van der Waals surface area (Å²) in [6.45, 7) is 0.251. The lowest BCUT2D eigenvalue weighted by molar-refractivity contribution is 0.412. The van der Waals surface area contributed by atoms with E-state index in [0.29, 0.717) is 5.56 Å². The topological polar surface area (TPSA) is 72.2 Å². The van der Waals surface area contributed by atoms with Gasteiger partial charge in [0.25, 0.3) is 0 Å². The molecule has 6 heteroatoms. The molecule has 0 spiro atoms. The van der Waals surface area contributed by atoms with Gasteiger partial charge in [0.05, 0.1) is 11.6 Å². The first kappa shape index (κ1) is 16.3. The molecule has 1 aliphatic rings. The third kappa shape index (κ3) is 4.45. The van der Waals surface area contributed by atoms with Crippen molar-refractivity contribution in [2.75, 3.05) is 6.54 Å². The molecule has 1 saturated carbocycles. The molecule has 21 heavy (non-hydrogen) atoms. The molecular formula is C15H19ClN2O2S. The Morgan fingerprint density at radius 1 is 1.29 bits per heavy atom. The van der Waals surface area contributed by atoms with Gasteiger partial charge < -0.3 is 5.73 Å². The third-order valence-corrected chi connectivity index (χ3v) is 5.49. The molecule has 114 valence electrons. The van der Waals surface area contributed by atoms with E-state index in [4.69, 9.17) is 17.3 Å². The van der Waals surface area contributed by atoms with Crippen molar-refractivity contribution in [3.8, 4) is 11.8 Å². The van der Waals surface area contributed by atoms with E-state index in [0.717, 1.165) is 25.7 Å². The maximum absolute atomic E-state index is 12.4. The van der Waals surface area contributed by atoms with Crippen molar-refractivity contribution in [1.29, 1.82) is 0 Å². The van der Waals surface area contributed by atoms with Crippen LogP contribution in [0, 0.1) is 11.8 Å². The van der Waals surface area contributed by atoms with Gasteiger partial charge in [-0.3, -0.25) is 0 Å². The Balaban J connectivity index is 2.19. The summed E-state index contributed by atoms with van der Waals surface area (Å²) in [5.74, 6) is 5.54. The Labute approximate surface area is 131 Å².